The third-order valence-electron chi connectivity index (χ3n) is 5.97. The Morgan fingerprint density at radius 3 is 2.26 bits per heavy atom. The van der Waals surface area contributed by atoms with Crippen LogP contribution >= 0.6 is 11.6 Å². The van der Waals surface area contributed by atoms with Gasteiger partial charge in [0.2, 0.25) is 5.91 Å². The second-order valence-electron chi connectivity index (χ2n) is 8.82. The van der Waals surface area contributed by atoms with Crippen LogP contribution in [0.5, 0.6) is 0 Å². The summed E-state index contributed by atoms with van der Waals surface area (Å²) in [5, 5.41) is 6.32. The zero-order valence-electron chi connectivity index (χ0n) is 19.6. The van der Waals surface area contributed by atoms with Crippen molar-refractivity contribution in [3.8, 4) is 0 Å². The number of rotatable bonds is 4. The van der Waals surface area contributed by atoms with E-state index in [1.54, 1.807) is 0 Å². The Hall–Kier alpha value is -3.61. The van der Waals surface area contributed by atoms with Gasteiger partial charge in [-0.05, 0) is 42.8 Å². The minimum atomic E-state index is -4.71. The molecule has 3 aromatic rings. The zero-order valence-corrected chi connectivity index (χ0v) is 20.4. The van der Waals surface area contributed by atoms with Crippen LogP contribution in [0.1, 0.15) is 35.1 Å². The molecule has 2 amide bonds. The van der Waals surface area contributed by atoms with E-state index in [0.29, 0.717) is 11.5 Å². The number of amides is 2. The minimum Gasteiger partial charge on any atom is -0.380 e. The van der Waals surface area contributed by atoms with Gasteiger partial charge in [0.05, 0.1) is 11.1 Å². The molecule has 3 heterocycles. The maximum Gasteiger partial charge on any atom is 0.433 e. The monoisotopic (exact) mass is 559 g/mol. The van der Waals surface area contributed by atoms with Crippen molar-refractivity contribution in [2.75, 3.05) is 18.4 Å². The normalized spacial score (nSPS) is 18.4. The molecule has 0 radical (unpaired) electrons. The molecule has 0 unspecified atom stereocenters. The molecule has 1 aliphatic heterocycles. The summed E-state index contributed by atoms with van der Waals surface area (Å²) in [6.45, 7) is 1.55. The SMILES string of the molecule is CC(=O)N1C[C@@H](NC(=O)c2ccc(C(F)(F)F)nc2)C[C@@H](Nc2cc(C(F)(F)F)nc3ccc(Cl)cc23)C1. The van der Waals surface area contributed by atoms with Gasteiger partial charge in [0.25, 0.3) is 5.91 Å². The smallest absolute Gasteiger partial charge is 0.380 e. The summed E-state index contributed by atoms with van der Waals surface area (Å²) in [4.78, 5) is 33.2. The largest absolute Gasteiger partial charge is 0.433 e. The van der Waals surface area contributed by atoms with Gasteiger partial charge in [-0.1, -0.05) is 11.6 Å². The second kappa shape index (κ2) is 10.3. The lowest BCUT2D eigenvalue weighted by atomic mass is 9.99. The summed E-state index contributed by atoms with van der Waals surface area (Å²) >= 11 is 6.06. The number of hydrogen-bond acceptors (Lipinski definition) is 5. The predicted octanol–water partition coefficient (Wildman–Crippen LogP) is 5.15. The number of nitrogens with zero attached hydrogens (tertiary/aromatic N) is 3. The fraction of sp³-hybridized carbons (Fsp3) is 0.333. The number of carbonyl (C=O) groups is 2. The number of alkyl halides is 6. The Morgan fingerprint density at radius 2 is 1.66 bits per heavy atom. The average molecular weight is 560 g/mol. The fourth-order valence-electron chi connectivity index (χ4n) is 4.21. The summed E-state index contributed by atoms with van der Waals surface area (Å²) in [5.74, 6) is -1.04. The zero-order chi connectivity index (χ0) is 27.8. The van der Waals surface area contributed by atoms with E-state index in [-0.39, 0.29) is 47.2 Å². The first kappa shape index (κ1) is 27.4. The van der Waals surface area contributed by atoms with Crippen LogP contribution in [-0.4, -0.2) is 51.9 Å². The molecule has 0 spiro atoms. The summed E-state index contributed by atoms with van der Waals surface area (Å²) in [6.07, 6.45) is -8.37. The number of piperidine rings is 1. The number of likely N-dealkylation sites (tertiary alicyclic amines) is 1. The van der Waals surface area contributed by atoms with E-state index in [0.717, 1.165) is 18.3 Å². The quantitative estimate of drug-likeness (QED) is 0.432. The molecule has 14 heteroatoms. The van der Waals surface area contributed by atoms with Crippen molar-refractivity contribution in [2.24, 2.45) is 0 Å². The lowest BCUT2D eigenvalue weighted by molar-refractivity contribution is -0.141. The molecule has 0 saturated carbocycles. The minimum absolute atomic E-state index is 0.0608. The van der Waals surface area contributed by atoms with E-state index in [9.17, 15) is 35.9 Å². The van der Waals surface area contributed by atoms with Gasteiger partial charge in [0, 0.05) is 54.4 Å². The molecule has 1 aromatic carbocycles. The van der Waals surface area contributed by atoms with Crippen molar-refractivity contribution >= 4 is 40.0 Å². The van der Waals surface area contributed by atoms with E-state index >= 15 is 0 Å². The van der Waals surface area contributed by atoms with Gasteiger partial charge in [0.1, 0.15) is 11.4 Å². The van der Waals surface area contributed by atoms with Gasteiger partial charge in [0.15, 0.2) is 0 Å². The highest BCUT2D eigenvalue weighted by atomic mass is 35.5. The van der Waals surface area contributed by atoms with E-state index in [2.05, 4.69) is 20.6 Å². The van der Waals surface area contributed by atoms with Gasteiger partial charge in [-0.15, -0.1) is 0 Å². The number of fused-ring (bicyclic) bond motifs is 1. The first-order chi connectivity index (χ1) is 17.7. The third-order valence-corrected chi connectivity index (χ3v) is 6.20. The van der Waals surface area contributed by atoms with Crippen molar-refractivity contribution < 1.29 is 35.9 Å². The molecular formula is C24H20ClF6N5O2. The van der Waals surface area contributed by atoms with Crippen molar-refractivity contribution in [1.29, 1.82) is 0 Å². The average Bonchev–Trinajstić information content (AvgIpc) is 2.83. The number of anilines is 1. The first-order valence-corrected chi connectivity index (χ1v) is 11.6. The second-order valence-corrected chi connectivity index (χ2v) is 9.25. The van der Waals surface area contributed by atoms with Gasteiger partial charge in [-0.2, -0.15) is 26.3 Å². The van der Waals surface area contributed by atoms with Crippen LogP contribution < -0.4 is 10.6 Å². The van der Waals surface area contributed by atoms with Gasteiger partial charge in [-0.3, -0.25) is 14.6 Å². The van der Waals surface area contributed by atoms with E-state index < -0.39 is 41.7 Å². The number of halogens is 7. The molecule has 202 valence electrons. The molecule has 1 aliphatic rings. The topological polar surface area (TPSA) is 87.2 Å². The van der Waals surface area contributed by atoms with Crippen LogP contribution in [0.15, 0.2) is 42.6 Å². The Labute approximate surface area is 217 Å². The van der Waals surface area contributed by atoms with Crippen LogP contribution in [0.2, 0.25) is 5.02 Å². The number of hydrogen-bond donors (Lipinski definition) is 2. The van der Waals surface area contributed by atoms with Crippen molar-refractivity contribution in [3.05, 3.63) is 64.6 Å². The number of carbonyl (C=O) groups excluding carboxylic acids is 2. The van der Waals surface area contributed by atoms with E-state index in [1.165, 1.54) is 30.0 Å². The van der Waals surface area contributed by atoms with Gasteiger partial charge < -0.3 is 15.5 Å². The number of nitrogens with one attached hydrogen (secondary N) is 2. The Morgan fingerprint density at radius 1 is 0.974 bits per heavy atom. The van der Waals surface area contributed by atoms with Crippen LogP contribution in [-0.2, 0) is 17.1 Å². The Balaban J connectivity index is 1.58. The van der Waals surface area contributed by atoms with Crippen LogP contribution in [0.4, 0.5) is 32.0 Å². The lowest BCUT2D eigenvalue weighted by Gasteiger charge is -2.38. The molecule has 2 atom stereocenters. The molecule has 1 saturated heterocycles. The van der Waals surface area contributed by atoms with Gasteiger partial charge >= 0.3 is 12.4 Å². The molecule has 0 bridgehead atoms. The molecular weight excluding hydrogens is 540 g/mol. The maximum atomic E-state index is 13.5. The summed E-state index contributed by atoms with van der Waals surface area (Å²) in [5.41, 5.74) is -2.23. The van der Waals surface area contributed by atoms with Crippen LogP contribution in [0.3, 0.4) is 0 Å². The Kier molecular flexibility index (Phi) is 7.42. The molecule has 1 fully saturated rings. The summed E-state index contributed by atoms with van der Waals surface area (Å²) < 4.78 is 78.8. The highest BCUT2D eigenvalue weighted by Gasteiger charge is 2.35. The molecule has 2 aromatic heterocycles. The van der Waals surface area contributed by atoms with Crippen LogP contribution in [0, 0.1) is 0 Å². The van der Waals surface area contributed by atoms with Crippen molar-refractivity contribution in [2.45, 2.75) is 37.8 Å². The molecule has 0 aliphatic carbocycles. The van der Waals surface area contributed by atoms with Gasteiger partial charge in [-0.25, -0.2) is 4.98 Å². The van der Waals surface area contributed by atoms with Crippen LogP contribution in [0.25, 0.3) is 10.9 Å². The third kappa shape index (κ3) is 6.26. The predicted molar refractivity (Wildman–Crippen MR) is 127 cm³/mol. The maximum absolute atomic E-state index is 13.5. The Bertz CT molecular complexity index is 1360. The standard InChI is InChI=1S/C24H20ClF6N5O2/c1-12(37)36-10-15(7-16(11-36)34-22(38)13-2-5-20(32-9-13)23(26,27)28)33-19-8-21(24(29,30)31)35-18-4-3-14(25)6-17(18)19/h2-6,8-9,15-16H,7,10-11H2,1H3,(H,33,35)(H,34,38)/t15-,16+/m1/s1. The highest BCUT2D eigenvalue weighted by Crippen LogP contribution is 2.35. The molecule has 4 rings (SSSR count). The summed E-state index contributed by atoms with van der Waals surface area (Å²) in [6, 6.07) is 5.52. The van der Waals surface area contributed by atoms with Crippen molar-refractivity contribution in [1.82, 2.24) is 20.2 Å². The lowest BCUT2D eigenvalue weighted by Crippen LogP contribution is -2.55. The number of aromatic nitrogens is 2. The van der Waals surface area contributed by atoms with E-state index in [1.807, 2.05) is 0 Å². The number of pyridine rings is 2. The molecule has 2 N–H and O–H groups in total. The summed E-state index contributed by atoms with van der Waals surface area (Å²) in [7, 11) is 0. The van der Waals surface area contributed by atoms with Crippen molar-refractivity contribution in [3.63, 3.8) is 0 Å². The molecule has 38 heavy (non-hydrogen) atoms. The first-order valence-electron chi connectivity index (χ1n) is 11.2. The van der Waals surface area contributed by atoms with E-state index in [4.69, 9.17) is 11.6 Å². The highest BCUT2D eigenvalue weighted by molar-refractivity contribution is 6.31. The fourth-order valence-corrected chi connectivity index (χ4v) is 4.38. The molecule has 7 nitrogen and oxygen atoms in total. The number of benzene rings is 1.